The van der Waals surface area contributed by atoms with Crippen LogP contribution in [0.3, 0.4) is 0 Å². The normalized spacial score (nSPS) is 17.7. The molecular formula is C27H45N5O3. The minimum absolute atomic E-state index is 0.0661. The monoisotopic (exact) mass is 487 g/mol. The number of hydrogen-bond donors (Lipinski definition) is 3. The molecule has 0 saturated carbocycles. The summed E-state index contributed by atoms with van der Waals surface area (Å²) in [5.41, 5.74) is 6.38. The highest BCUT2D eigenvalue weighted by atomic mass is 16.2. The predicted molar refractivity (Wildman–Crippen MR) is 140 cm³/mol. The molecule has 2 rings (SSSR count). The Kier molecular flexibility index (Phi) is 11.2. The Morgan fingerprint density at radius 1 is 1.20 bits per heavy atom. The summed E-state index contributed by atoms with van der Waals surface area (Å²) < 4.78 is 0. The summed E-state index contributed by atoms with van der Waals surface area (Å²) in [5.74, 6) is -0.193. The van der Waals surface area contributed by atoms with E-state index in [-0.39, 0.29) is 23.8 Å². The van der Waals surface area contributed by atoms with Crippen LogP contribution in [0.15, 0.2) is 30.3 Å². The molecule has 1 aliphatic heterocycles. The Bertz CT molecular complexity index is 824. The molecule has 0 spiro atoms. The number of nitrogens with two attached hydrogens (primary N) is 1. The van der Waals surface area contributed by atoms with E-state index in [1.54, 1.807) is 14.0 Å². The van der Waals surface area contributed by atoms with Gasteiger partial charge < -0.3 is 26.2 Å². The molecule has 1 aromatic carbocycles. The maximum Gasteiger partial charge on any atom is 0.246 e. The molecule has 3 amide bonds. The van der Waals surface area contributed by atoms with Crippen LogP contribution in [0.4, 0.5) is 0 Å². The maximum absolute atomic E-state index is 13.7. The summed E-state index contributed by atoms with van der Waals surface area (Å²) in [6.45, 7) is 9.89. The van der Waals surface area contributed by atoms with Crippen molar-refractivity contribution in [3.8, 4) is 0 Å². The van der Waals surface area contributed by atoms with Crippen molar-refractivity contribution in [2.75, 3.05) is 33.2 Å². The Hall–Kier alpha value is -2.45. The van der Waals surface area contributed by atoms with E-state index in [0.717, 1.165) is 19.3 Å². The van der Waals surface area contributed by atoms with E-state index >= 15 is 0 Å². The molecule has 8 nitrogen and oxygen atoms in total. The van der Waals surface area contributed by atoms with Crippen molar-refractivity contribution in [3.63, 3.8) is 0 Å². The average molecular weight is 488 g/mol. The SMILES string of the molecule is CN[C@@H](C)C(=O)N[C@H](C(=O)N1CCC[C@H]1CN(CCc1ccccc1)C(=O)CCCN)C(C)(C)C. The van der Waals surface area contributed by atoms with E-state index < -0.39 is 17.5 Å². The lowest BCUT2D eigenvalue weighted by Crippen LogP contribution is -2.59. The van der Waals surface area contributed by atoms with Gasteiger partial charge in [0.1, 0.15) is 6.04 Å². The van der Waals surface area contributed by atoms with E-state index in [1.807, 2.05) is 48.8 Å². The predicted octanol–water partition coefficient (Wildman–Crippen LogP) is 1.93. The van der Waals surface area contributed by atoms with Gasteiger partial charge in [0.05, 0.1) is 6.04 Å². The van der Waals surface area contributed by atoms with Gasteiger partial charge in [0.15, 0.2) is 0 Å². The van der Waals surface area contributed by atoms with Crippen LogP contribution in [0.5, 0.6) is 0 Å². The van der Waals surface area contributed by atoms with Crippen molar-refractivity contribution in [1.82, 2.24) is 20.4 Å². The van der Waals surface area contributed by atoms with E-state index in [4.69, 9.17) is 5.73 Å². The highest BCUT2D eigenvalue weighted by Crippen LogP contribution is 2.26. The fourth-order valence-electron chi connectivity index (χ4n) is 4.42. The fourth-order valence-corrected chi connectivity index (χ4v) is 4.42. The van der Waals surface area contributed by atoms with E-state index in [2.05, 4.69) is 22.8 Å². The van der Waals surface area contributed by atoms with Crippen LogP contribution >= 0.6 is 0 Å². The van der Waals surface area contributed by atoms with Gasteiger partial charge in [-0.2, -0.15) is 0 Å². The second kappa shape index (κ2) is 13.6. The standard InChI is InChI=1S/C27H45N5O3/c1-20(29-5)25(34)30-24(27(2,3)4)26(35)32-17-10-13-22(32)19-31(23(33)14-9-16-28)18-15-21-11-7-6-8-12-21/h6-8,11-12,20,22,24,29H,9-10,13-19,28H2,1-5H3,(H,30,34)/t20-,22-,24+/m0/s1. The zero-order valence-corrected chi connectivity index (χ0v) is 22.2. The van der Waals surface area contributed by atoms with Gasteiger partial charge in [0.25, 0.3) is 0 Å². The van der Waals surface area contributed by atoms with Gasteiger partial charge in [0, 0.05) is 32.1 Å². The van der Waals surface area contributed by atoms with Crippen LogP contribution in [0.2, 0.25) is 0 Å². The third-order valence-electron chi connectivity index (χ3n) is 6.78. The van der Waals surface area contributed by atoms with Crippen LogP contribution in [-0.2, 0) is 20.8 Å². The summed E-state index contributed by atoms with van der Waals surface area (Å²) in [7, 11) is 1.72. The average Bonchev–Trinajstić information content (AvgIpc) is 3.30. The van der Waals surface area contributed by atoms with Crippen molar-refractivity contribution in [2.45, 2.75) is 77.9 Å². The van der Waals surface area contributed by atoms with Crippen molar-refractivity contribution in [3.05, 3.63) is 35.9 Å². The molecule has 4 N–H and O–H groups in total. The van der Waals surface area contributed by atoms with Crippen molar-refractivity contribution in [2.24, 2.45) is 11.1 Å². The van der Waals surface area contributed by atoms with Crippen LogP contribution < -0.4 is 16.4 Å². The summed E-state index contributed by atoms with van der Waals surface area (Å²) >= 11 is 0. The van der Waals surface area contributed by atoms with E-state index in [1.165, 1.54) is 5.56 Å². The number of benzene rings is 1. The zero-order valence-electron chi connectivity index (χ0n) is 22.2. The lowest BCUT2D eigenvalue weighted by molar-refractivity contribution is -0.142. The summed E-state index contributed by atoms with van der Waals surface area (Å²) in [5, 5.41) is 5.90. The molecule has 1 saturated heterocycles. The third-order valence-corrected chi connectivity index (χ3v) is 6.78. The quantitative estimate of drug-likeness (QED) is 0.418. The molecule has 1 fully saturated rings. The Morgan fingerprint density at radius 2 is 1.89 bits per heavy atom. The topological polar surface area (TPSA) is 108 Å². The molecule has 3 atom stereocenters. The Morgan fingerprint density at radius 3 is 2.49 bits per heavy atom. The van der Waals surface area contributed by atoms with Gasteiger partial charge in [-0.3, -0.25) is 14.4 Å². The minimum Gasteiger partial charge on any atom is -0.342 e. The van der Waals surface area contributed by atoms with Crippen LogP contribution in [0, 0.1) is 5.41 Å². The van der Waals surface area contributed by atoms with Crippen molar-refractivity contribution >= 4 is 17.7 Å². The third kappa shape index (κ3) is 8.61. The molecule has 8 heteroatoms. The molecule has 0 aromatic heterocycles. The van der Waals surface area contributed by atoms with Gasteiger partial charge in [-0.05, 0) is 57.2 Å². The maximum atomic E-state index is 13.7. The van der Waals surface area contributed by atoms with Gasteiger partial charge >= 0.3 is 0 Å². The fraction of sp³-hybridized carbons (Fsp3) is 0.667. The number of nitrogens with zero attached hydrogens (tertiary/aromatic N) is 2. The van der Waals surface area contributed by atoms with Crippen molar-refractivity contribution < 1.29 is 14.4 Å². The first kappa shape index (κ1) is 28.8. The molecule has 1 heterocycles. The summed E-state index contributed by atoms with van der Waals surface area (Å²) in [6.07, 6.45) is 3.55. The van der Waals surface area contributed by atoms with Crippen LogP contribution in [0.1, 0.15) is 58.9 Å². The van der Waals surface area contributed by atoms with Crippen LogP contribution in [0.25, 0.3) is 0 Å². The van der Waals surface area contributed by atoms with E-state index in [0.29, 0.717) is 39.0 Å². The van der Waals surface area contributed by atoms with Gasteiger partial charge in [0.2, 0.25) is 17.7 Å². The molecular weight excluding hydrogens is 442 g/mol. The number of hydrogen-bond acceptors (Lipinski definition) is 5. The largest absolute Gasteiger partial charge is 0.342 e. The second-order valence-electron chi connectivity index (χ2n) is 10.6. The second-order valence-corrected chi connectivity index (χ2v) is 10.6. The lowest BCUT2D eigenvalue weighted by atomic mass is 9.85. The Labute approximate surface area is 211 Å². The molecule has 0 radical (unpaired) electrons. The highest BCUT2D eigenvalue weighted by Gasteiger charge is 2.40. The number of likely N-dealkylation sites (tertiary alicyclic amines) is 1. The van der Waals surface area contributed by atoms with Crippen LogP contribution in [-0.4, -0.2) is 78.9 Å². The molecule has 196 valence electrons. The van der Waals surface area contributed by atoms with Crippen molar-refractivity contribution in [1.29, 1.82) is 0 Å². The number of carbonyl (C=O) groups excluding carboxylic acids is 3. The van der Waals surface area contributed by atoms with Gasteiger partial charge in [-0.25, -0.2) is 0 Å². The number of amides is 3. The number of nitrogens with one attached hydrogen (secondary N) is 2. The van der Waals surface area contributed by atoms with Gasteiger partial charge in [-0.1, -0.05) is 51.1 Å². The van der Waals surface area contributed by atoms with Gasteiger partial charge in [-0.15, -0.1) is 0 Å². The minimum atomic E-state index is -0.642. The molecule has 0 aliphatic carbocycles. The number of likely N-dealkylation sites (N-methyl/N-ethyl adjacent to an activating group) is 1. The molecule has 1 aromatic rings. The smallest absolute Gasteiger partial charge is 0.246 e. The molecule has 0 unspecified atom stereocenters. The first-order chi connectivity index (χ1) is 16.6. The molecule has 0 bridgehead atoms. The highest BCUT2D eigenvalue weighted by molar-refractivity contribution is 5.90. The number of carbonyl (C=O) groups is 3. The molecule has 1 aliphatic rings. The van der Waals surface area contributed by atoms with E-state index in [9.17, 15) is 14.4 Å². The summed E-state index contributed by atoms with van der Waals surface area (Å²) in [6, 6.07) is 9.02. The first-order valence-electron chi connectivity index (χ1n) is 12.9. The Balaban J connectivity index is 2.16. The lowest BCUT2D eigenvalue weighted by Gasteiger charge is -2.37. The molecule has 35 heavy (non-hydrogen) atoms. The first-order valence-corrected chi connectivity index (χ1v) is 12.9. The number of rotatable bonds is 12. The zero-order chi connectivity index (χ0) is 26.0. The summed E-state index contributed by atoms with van der Waals surface area (Å²) in [4.78, 5) is 43.1.